The van der Waals surface area contributed by atoms with Crippen molar-refractivity contribution in [1.29, 1.82) is 0 Å². The summed E-state index contributed by atoms with van der Waals surface area (Å²) in [7, 11) is 1.41. The molecule has 3 aromatic rings. The van der Waals surface area contributed by atoms with E-state index in [-0.39, 0.29) is 11.3 Å². The topological polar surface area (TPSA) is 76.4 Å². The van der Waals surface area contributed by atoms with Gasteiger partial charge in [0.2, 0.25) is 0 Å². The molecule has 0 spiro atoms. The van der Waals surface area contributed by atoms with Crippen molar-refractivity contribution in [2.45, 2.75) is 0 Å². The van der Waals surface area contributed by atoms with Crippen molar-refractivity contribution in [2.75, 3.05) is 12.5 Å². The maximum absolute atomic E-state index is 11.2. The van der Waals surface area contributed by atoms with Crippen molar-refractivity contribution in [2.24, 2.45) is 0 Å². The van der Waals surface area contributed by atoms with Gasteiger partial charge in [0.25, 0.3) is 0 Å². The maximum atomic E-state index is 11.2. The molecular weight excluding hydrogens is 341 g/mol. The van der Waals surface area contributed by atoms with Crippen LogP contribution in [0.5, 0.6) is 5.75 Å². The molecule has 0 aliphatic carbocycles. The third-order valence-corrected chi connectivity index (χ3v) is 3.92. The first kappa shape index (κ1) is 15.5. The third-order valence-electron chi connectivity index (χ3n) is 3.29. The SMILES string of the molecule is COc1cc2c(cc1C(=O)O)ncn2Nc1c(Cl)cccc1Cl. The van der Waals surface area contributed by atoms with Gasteiger partial charge in [-0.2, -0.15) is 0 Å². The molecule has 0 fully saturated rings. The second-order valence-corrected chi connectivity index (χ2v) is 5.48. The number of fused-ring (bicyclic) bond motifs is 1. The molecule has 23 heavy (non-hydrogen) atoms. The van der Waals surface area contributed by atoms with Crippen molar-refractivity contribution in [3.8, 4) is 5.75 Å². The summed E-state index contributed by atoms with van der Waals surface area (Å²) in [4.78, 5) is 15.4. The quantitative estimate of drug-likeness (QED) is 0.744. The number of ether oxygens (including phenoxy) is 1. The van der Waals surface area contributed by atoms with Crippen LogP contribution in [0.1, 0.15) is 10.4 Å². The fraction of sp³-hybridized carbons (Fsp3) is 0.0667. The largest absolute Gasteiger partial charge is 0.496 e. The van der Waals surface area contributed by atoms with Crippen molar-refractivity contribution in [3.05, 3.63) is 52.3 Å². The maximum Gasteiger partial charge on any atom is 0.339 e. The molecule has 0 saturated carbocycles. The summed E-state index contributed by atoms with van der Waals surface area (Å²) in [5.41, 5.74) is 4.74. The number of carboxylic acids is 1. The average Bonchev–Trinajstić information content (AvgIpc) is 2.91. The normalized spacial score (nSPS) is 10.7. The van der Waals surface area contributed by atoms with Crippen LogP contribution in [-0.4, -0.2) is 27.8 Å². The number of methoxy groups -OCH3 is 1. The molecule has 3 rings (SSSR count). The zero-order chi connectivity index (χ0) is 16.6. The summed E-state index contributed by atoms with van der Waals surface area (Å²) in [6, 6.07) is 8.19. The van der Waals surface area contributed by atoms with Gasteiger partial charge in [0.05, 0.1) is 33.9 Å². The highest BCUT2D eigenvalue weighted by Gasteiger charge is 2.16. The number of aromatic nitrogens is 2. The Morgan fingerprint density at radius 3 is 2.61 bits per heavy atom. The number of nitrogens with one attached hydrogen (secondary N) is 1. The Morgan fingerprint density at radius 1 is 1.30 bits per heavy atom. The molecule has 0 amide bonds. The lowest BCUT2D eigenvalue weighted by Gasteiger charge is -2.12. The van der Waals surface area contributed by atoms with Crippen LogP contribution >= 0.6 is 23.2 Å². The predicted octanol–water partition coefficient (Wildman–Crippen LogP) is 3.93. The van der Waals surface area contributed by atoms with E-state index in [9.17, 15) is 9.90 Å². The van der Waals surface area contributed by atoms with Gasteiger partial charge in [-0.1, -0.05) is 29.3 Å². The Balaban J connectivity index is 2.11. The van der Waals surface area contributed by atoms with E-state index in [1.54, 1.807) is 28.9 Å². The molecule has 2 N–H and O–H groups in total. The standard InChI is InChI=1S/C15H11Cl2N3O3/c1-23-13-6-12-11(5-8(13)15(21)22)18-7-20(12)19-14-9(16)3-2-4-10(14)17/h2-7,19H,1H3,(H,21,22). The number of rotatable bonds is 4. The van der Waals surface area contributed by atoms with Crippen molar-refractivity contribution >= 4 is 45.9 Å². The first-order chi connectivity index (χ1) is 11.0. The molecule has 8 heteroatoms. The Kier molecular flexibility index (Phi) is 4.02. The van der Waals surface area contributed by atoms with Crippen LogP contribution in [0.4, 0.5) is 5.69 Å². The van der Waals surface area contributed by atoms with Gasteiger partial charge in [0.15, 0.2) is 0 Å². The van der Waals surface area contributed by atoms with Gasteiger partial charge in [-0.05, 0) is 18.2 Å². The monoisotopic (exact) mass is 351 g/mol. The molecule has 0 atom stereocenters. The van der Waals surface area contributed by atoms with Gasteiger partial charge in [0.1, 0.15) is 17.6 Å². The number of anilines is 1. The Labute approximate surface area is 141 Å². The van der Waals surface area contributed by atoms with E-state index in [4.69, 9.17) is 27.9 Å². The van der Waals surface area contributed by atoms with Gasteiger partial charge >= 0.3 is 5.97 Å². The highest BCUT2D eigenvalue weighted by atomic mass is 35.5. The first-order valence-corrected chi connectivity index (χ1v) is 7.26. The molecule has 0 aliphatic rings. The summed E-state index contributed by atoms with van der Waals surface area (Å²) < 4.78 is 6.73. The zero-order valence-electron chi connectivity index (χ0n) is 11.9. The van der Waals surface area contributed by atoms with Gasteiger partial charge in [-0.25, -0.2) is 14.5 Å². The molecule has 0 radical (unpaired) electrons. The Hall–Kier alpha value is -2.44. The van der Waals surface area contributed by atoms with Crippen LogP contribution in [0.2, 0.25) is 10.0 Å². The van der Waals surface area contributed by atoms with Crippen LogP contribution in [0.25, 0.3) is 11.0 Å². The van der Waals surface area contributed by atoms with Gasteiger partial charge in [-0.3, -0.25) is 5.43 Å². The van der Waals surface area contributed by atoms with Crippen molar-refractivity contribution in [3.63, 3.8) is 0 Å². The summed E-state index contributed by atoms with van der Waals surface area (Å²) in [6.07, 6.45) is 1.51. The number of hydrogen-bond donors (Lipinski definition) is 2. The van der Waals surface area contributed by atoms with E-state index in [0.717, 1.165) is 0 Å². The van der Waals surface area contributed by atoms with Crippen molar-refractivity contribution in [1.82, 2.24) is 9.66 Å². The minimum Gasteiger partial charge on any atom is -0.496 e. The van der Waals surface area contributed by atoms with E-state index < -0.39 is 5.97 Å². The minimum absolute atomic E-state index is 0.0426. The van der Waals surface area contributed by atoms with Gasteiger partial charge < -0.3 is 9.84 Å². The fourth-order valence-electron chi connectivity index (χ4n) is 2.19. The van der Waals surface area contributed by atoms with E-state index in [1.807, 2.05) is 0 Å². The van der Waals surface area contributed by atoms with Gasteiger partial charge in [-0.15, -0.1) is 0 Å². The molecule has 6 nitrogen and oxygen atoms in total. The molecule has 1 aromatic heterocycles. The van der Waals surface area contributed by atoms with E-state index in [1.165, 1.54) is 19.5 Å². The van der Waals surface area contributed by atoms with Crippen molar-refractivity contribution < 1.29 is 14.6 Å². The van der Waals surface area contributed by atoms with Crippen LogP contribution in [0, 0.1) is 0 Å². The fourth-order valence-corrected chi connectivity index (χ4v) is 2.67. The summed E-state index contributed by atoms with van der Waals surface area (Å²) in [5, 5.41) is 10.1. The highest BCUT2D eigenvalue weighted by molar-refractivity contribution is 6.39. The van der Waals surface area contributed by atoms with E-state index in [2.05, 4.69) is 10.4 Å². The second-order valence-electron chi connectivity index (χ2n) is 4.67. The molecular formula is C15H11Cl2N3O3. The van der Waals surface area contributed by atoms with E-state index >= 15 is 0 Å². The summed E-state index contributed by atoms with van der Waals surface area (Å²) in [6.45, 7) is 0. The van der Waals surface area contributed by atoms with Gasteiger partial charge in [0, 0.05) is 6.07 Å². The van der Waals surface area contributed by atoms with Crippen LogP contribution in [0.15, 0.2) is 36.7 Å². The number of aromatic carboxylic acids is 1. The Bertz CT molecular complexity index is 888. The smallest absolute Gasteiger partial charge is 0.339 e. The number of nitrogens with zero attached hydrogens (tertiary/aromatic N) is 2. The molecule has 0 saturated heterocycles. The molecule has 0 aliphatic heterocycles. The number of carbonyl (C=O) groups is 1. The third kappa shape index (κ3) is 2.78. The highest BCUT2D eigenvalue weighted by Crippen LogP contribution is 2.31. The number of hydrogen-bond acceptors (Lipinski definition) is 4. The summed E-state index contributed by atoms with van der Waals surface area (Å²) >= 11 is 12.3. The van der Waals surface area contributed by atoms with Crippen LogP contribution in [0.3, 0.4) is 0 Å². The lowest BCUT2D eigenvalue weighted by atomic mass is 10.2. The number of halogens is 2. The average molecular weight is 352 g/mol. The summed E-state index contributed by atoms with van der Waals surface area (Å²) in [5.74, 6) is -0.848. The number of para-hydroxylation sites is 1. The zero-order valence-corrected chi connectivity index (χ0v) is 13.4. The second kappa shape index (κ2) is 5.98. The molecule has 2 aromatic carbocycles. The van der Waals surface area contributed by atoms with Crippen LogP contribution in [-0.2, 0) is 0 Å². The van der Waals surface area contributed by atoms with Crippen LogP contribution < -0.4 is 10.2 Å². The molecule has 1 heterocycles. The van der Waals surface area contributed by atoms with E-state index in [0.29, 0.717) is 26.8 Å². The predicted molar refractivity (Wildman–Crippen MR) is 88.7 cm³/mol. The number of imidazole rings is 1. The first-order valence-electron chi connectivity index (χ1n) is 6.50. The molecule has 0 bridgehead atoms. The number of benzene rings is 2. The lowest BCUT2D eigenvalue weighted by molar-refractivity contribution is 0.0693. The molecule has 118 valence electrons. The lowest BCUT2D eigenvalue weighted by Crippen LogP contribution is -2.09. The Morgan fingerprint density at radius 2 is 2.00 bits per heavy atom. The number of carboxylic acid groups (broad SMARTS) is 1. The molecule has 0 unspecified atom stereocenters. The minimum atomic E-state index is -1.08.